The quantitative estimate of drug-likeness (QED) is 0.915. The Morgan fingerprint density at radius 1 is 1.20 bits per heavy atom. The summed E-state index contributed by atoms with van der Waals surface area (Å²) in [5.41, 5.74) is 3.39. The third-order valence-electron chi connectivity index (χ3n) is 3.91. The van der Waals surface area contributed by atoms with Crippen LogP contribution in [-0.2, 0) is 4.79 Å². The molecule has 1 saturated heterocycles. The van der Waals surface area contributed by atoms with Gasteiger partial charge in [0.2, 0.25) is 0 Å². The zero-order chi connectivity index (χ0) is 14.5. The number of nitrogens with zero attached hydrogens (tertiary/aromatic N) is 1. The number of carbonyl (C=O) groups is 1. The van der Waals surface area contributed by atoms with Gasteiger partial charge in [-0.3, -0.25) is 4.79 Å². The smallest absolute Gasteiger partial charge is 0.260 e. The van der Waals surface area contributed by atoms with Crippen LogP contribution in [0.5, 0.6) is 5.75 Å². The highest BCUT2D eigenvalue weighted by atomic mass is 16.5. The van der Waals surface area contributed by atoms with Crippen molar-refractivity contribution in [3.63, 3.8) is 0 Å². The molecule has 1 aliphatic heterocycles. The van der Waals surface area contributed by atoms with Crippen molar-refractivity contribution in [3.8, 4) is 5.75 Å². The monoisotopic (exact) mass is 276 g/mol. The molecule has 0 spiro atoms. The highest BCUT2D eigenvalue weighted by molar-refractivity contribution is 5.78. The average Bonchev–Trinajstić information content (AvgIpc) is 2.72. The van der Waals surface area contributed by atoms with Crippen molar-refractivity contribution in [2.45, 2.75) is 27.2 Å². The van der Waals surface area contributed by atoms with Crippen LogP contribution >= 0.6 is 0 Å². The second kappa shape index (κ2) is 6.75. The lowest BCUT2D eigenvalue weighted by molar-refractivity contribution is -0.133. The largest absolute Gasteiger partial charge is 0.483 e. The molecule has 20 heavy (non-hydrogen) atoms. The summed E-state index contributed by atoms with van der Waals surface area (Å²) in [4.78, 5) is 14.1. The maximum Gasteiger partial charge on any atom is 0.260 e. The predicted molar refractivity (Wildman–Crippen MR) is 80.2 cm³/mol. The molecule has 0 aromatic heterocycles. The second-order valence-corrected chi connectivity index (χ2v) is 5.43. The fourth-order valence-electron chi connectivity index (χ4n) is 2.47. The van der Waals surface area contributed by atoms with Gasteiger partial charge in [-0.2, -0.15) is 0 Å². The van der Waals surface area contributed by atoms with Crippen LogP contribution in [0.3, 0.4) is 0 Å². The zero-order valence-corrected chi connectivity index (χ0v) is 12.7. The molecule has 4 nitrogen and oxygen atoms in total. The third kappa shape index (κ3) is 3.51. The fraction of sp³-hybridized carbons (Fsp3) is 0.562. The first kappa shape index (κ1) is 14.9. The van der Waals surface area contributed by atoms with E-state index in [9.17, 15) is 4.79 Å². The normalized spacial score (nSPS) is 15.8. The number of hydrogen-bond acceptors (Lipinski definition) is 3. The Labute approximate surface area is 121 Å². The molecule has 4 heteroatoms. The second-order valence-electron chi connectivity index (χ2n) is 5.43. The topological polar surface area (TPSA) is 41.6 Å². The SMILES string of the molecule is Cc1ccc(C)c(OCC(=O)N2CCCNCC2)c1C. The van der Waals surface area contributed by atoms with E-state index >= 15 is 0 Å². The standard InChI is InChI=1S/C16H24N2O2/c1-12-5-6-13(2)16(14(12)3)20-11-15(19)18-9-4-7-17-8-10-18/h5-6,17H,4,7-11H2,1-3H3. The first-order valence-corrected chi connectivity index (χ1v) is 7.27. The zero-order valence-electron chi connectivity index (χ0n) is 12.7. The summed E-state index contributed by atoms with van der Waals surface area (Å²) < 4.78 is 5.79. The van der Waals surface area contributed by atoms with Crippen molar-refractivity contribution < 1.29 is 9.53 Å². The molecule has 1 heterocycles. The molecule has 0 saturated carbocycles. The molecule has 1 aromatic carbocycles. The molecule has 1 fully saturated rings. The van der Waals surface area contributed by atoms with Gasteiger partial charge in [-0.1, -0.05) is 12.1 Å². The van der Waals surface area contributed by atoms with Gasteiger partial charge in [-0.05, 0) is 50.4 Å². The summed E-state index contributed by atoms with van der Waals surface area (Å²) in [6.45, 7) is 9.69. The Bertz CT molecular complexity index is 478. The van der Waals surface area contributed by atoms with Crippen molar-refractivity contribution in [2.24, 2.45) is 0 Å². The number of amides is 1. The first-order valence-electron chi connectivity index (χ1n) is 7.27. The summed E-state index contributed by atoms with van der Waals surface area (Å²) in [7, 11) is 0. The molecule has 0 radical (unpaired) electrons. The number of nitrogens with one attached hydrogen (secondary N) is 1. The molecule has 1 aromatic rings. The number of carbonyl (C=O) groups excluding carboxylic acids is 1. The number of aryl methyl sites for hydroxylation is 2. The molecule has 1 aliphatic rings. The Hall–Kier alpha value is -1.55. The van der Waals surface area contributed by atoms with E-state index < -0.39 is 0 Å². The van der Waals surface area contributed by atoms with Crippen molar-refractivity contribution in [2.75, 3.05) is 32.8 Å². The van der Waals surface area contributed by atoms with Crippen LogP contribution in [0.4, 0.5) is 0 Å². The molecule has 0 bridgehead atoms. The third-order valence-corrected chi connectivity index (χ3v) is 3.91. The van der Waals surface area contributed by atoms with Gasteiger partial charge in [-0.25, -0.2) is 0 Å². The number of hydrogen-bond donors (Lipinski definition) is 1. The Morgan fingerprint density at radius 2 is 1.95 bits per heavy atom. The minimum atomic E-state index is 0.0778. The minimum Gasteiger partial charge on any atom is -0.483 e. The van der Waals surface area contributed by atoms with Crippen LogP contribution in [0, 0.1) is 20.8 Å². The van der Waals surface area contributed by atoms with Gasteiger partial charge in [0, 0.05) is 19.6 Å². The lowest BCUT2D eigenvalue weighted by atomic mass is 10.1. The maximum atomic E-state index is 12.2. The summed E-state index contributed by atoms with van der Waals surface area (Å²) >= 11 is 0. The minimum absolute atomic E-state index is 0.0778. The molecule has 110 valence electrons. The van der Waals surface area contributed by atoms with Crippen LogP contribution in [-0.4, -0.2) is 43.6 Å². The van der Waals surface area contributed by atoms with E-state index in [1.54, 1.807) is 0 Å². The van der Waals surface area contributed by atoms with Crippen molar-refractivity contribution in [1.82, 2.24) is 10.2 Å². The van der Waals surface area contributed by atoms with Gasteiger partial charge >= 0.3 is 0 Å². The summed E-state index contributed by atoms with van der Waals surface area (Å²) in [5, 5.41) is 3.30. The summed E-state index contributed by atoms with van der Waals surface area (Å²) in [6, 6.07) is 4.12. The Morgan fingerprint density at radius 3 is 2.75 bits per heavy atom. The van der Waals surface area contributed by atoms with Crippen LogP contribution in [0.15, 0.2) is 12.1 Å². The van der Waals surface area contributed by atoms with E-state index in [0.717, 1.165) is 49.5 Å². The van der Waals surface area contributed by atoms with Gasteiger partial charge in [-0.15, -0.1) is 0 Å². The molecule has 0 unspecified atom stereocenters. The molecule has 0 aliphatic carbocycles. The molecule has 1 amide bonds. The number of benzene rings is 1. The van der Waals surface area contributed by atoms with E-state index in [2.05, 4.69) is 18.3 Å². The average molecular weight is 276 g/mol. The molecule has 0 atom stereocenters. The van der Waals surface area contributed by atoms with Crippen LogP contribution in [0.2, 0.25) is 0 Å². The van der Waals surface area contributed by atoms with Crippen molar-refractivity contribution >= 4 is 5.91 Å². The van der Waals surface area contributed by atoms with E-state index in [1.807, 2.05) is 24.8 Å². The van der Waals surface area contributed by atoms with Gasteiger partial charge in [0.15, 0.2) is 6.61 Å². The first-order chi connectivity index (χ1) is 9.59. The summed E-state index contributed by atoms with van der Waals surface area (Å²) in [6.07, 6.45) is 1.01. The highest BCUT2D eigenvalue weighted by Crippen LogP contribution is 2.25. The molecular weight excluding hydrogens is 252 g/mol. The molecule has 1 N–H and O–H groups in total. The number of rotatable bonds is 3. The van der Waals surface area contributed by atoms with Gasteiger partial charge in [0.1, 0.15) is 5.75 Å². The Kier molecular flexibility index (Phi) is 5.01. The fourth-order valence-corrected chi connectivity index (χ4v) is 2.47. The van der Waals surface area contributed by atoms with Crippen LogP contribution in [0.25, 0.3) is 0 Å². The van der Waals surface area contributed by atoms with Crippen molar-refractivity contribution in [3.05, 3.63) is 28.8 Å². The van der Waals surface area contributed by atoms with Crippen LogP contribution < -0.4 is 10.1 Å². The van der Waals surface area contributed by atoms with E-state index in [0.29, 0.717) is 0 Å². The van der Waals surface area contributed by atoms with Gasteiger partial charge in [0.25, 0.3) is 5.91 Å². The highest BCUT2D eigenvalue weighted by Gasteiger charge is 2.16. The number of ether oxygens (including phenoxy) is 1. The lowest BCUT2D eigenvalue weighted by Crippen LogP contribution is -2.37. The maximum absolute atomic E-state index is 12.2. The van der Waals surface area contributed by atoms with E-state index in [1.165, 1.54) is 5.56 Å². The Balaban J connectivity index is 1.98. The molecular formula is C16H24N2O2. The lowest BCUT2D eigenvalue weighted by Gasteiger charge is -2.21. The van der Waals surface area contributed by atoms with Gasteiger partial charge < -0.3 is 15.0 Å². The summed E-state index contributed by atoms with van der Waals surface area (Å²) in [5.74, 6) is 0.931. The van der Waals surface area contributed by atoms with E-state index in [4.69, 9.17) is 4.74 Å². The van der Waals surface area contributed by atoms with Crippen LogP contribution in [0.1, 0.15) is 23.1 Å². The van der Waals surface area contributed by atoms with Gasteiger partial charge in [0.05, 0.1) is 0 Å². The predicted octanol–water partition coefficient (Wildman–Crippen LogP) is 1.81. The van der Waals surface area contributed by atoms with E-state index in [-0.39, 0.29) is 12.5 Å². The molecule has 2 rings (SSSR count). The van der Waals surface area contributed by atoms with Crippen molar-refractivity contribution in [1.29, 1.82) is 0 Å².